The molecule has 2 aliphatic rings. The van der Waals surface area contributed by atoms with Crippen LogP contribution in [0.3, 0.4) is 0 Å². The highest BCUT2D eigenvalue weighted by Crippen LogP contribution is 2.44. The zero-order chi connectivity index (χ0) is 14.9. The van der Waals surface area contributed by atoms with E-state index in [2.05, 4.69) is 12.2 Å². The highest BCUT2D eigenvalue weighted by atomic mass is 16.5. The average molecular weight is 297 g/mol. The van der Waals surface area contributed by atoms with Crippen molar-refractivity contribution in [3.8, 4) is 0 Å². The summed E-state index contributed by atoms with van der Waals surface area (Å²) in [6, 6.07) is 0.679. The van der Waals surface area contributed by atoms with Gasteiger partial charge in [-0.15, -0.1) is 0 Å². The summed E-state index contributed by atoms with van der Waals surface area (Å²) in [4.78, 5) is 0. The number of aliphatic hydroxyl groups excluding tert-OH is 1. The molecule has 2 saturated carbocycles. The third-order valence-corrected chi connectivity index (χ3v) is 4.80. The number of rotatable bonds is 14. The second kappa shape index (κ2) is 9.81. The molecule has 21 heavy (non-hydrogen) atoms. The van der Waals surface area contributed by atoms with Gasteiger partial charge in [-0.3, -0.25) is 0 Å². The third kappa shape index (κ3) is 7.62. The smallest absolute Gasteiger partial charge is 0.0897 e. The van der Waals surface area contributed by atoms with Gasteiger partial charge in [0.1, 0.15) is 0 Å². The normalized spacial score (nSPS) is 20.1. The Bertz CT molecular complexity index is 252. The van der Waals surface area contributed by atoms with Crippen molar-refractivity contribution in [3.63, 3.8) is 0 Å². The molecule has 2 rings (SSSR count). The molecule has 2 aliphatic carbocycles. The van der Waals surface area contributed by atoms with Crippen molar-refractivity contribution in [2.45, 2.75) is 83.3 Å². The van der Waals surface area contributed by atoms with Crippen LogP contribution in [0.4, 0.5) is 0 Å². The second-order valence-electron chi connectivity index (χ2n) is 7.11. The van der Waals surface area contributed by atoms with Crippen LogP contribution >= 0.6 is 0 Å². The maximum absolute atomic E-state index is 9.99. The third-order valence-electron chi connectivity index (χ3n) is 4.80. The number of ether oxygens (including phenoxy) is 1. The molecule has 0 radical (unpaired) electrons. The number of nitrogens with one attached hydrogen (secondary N) is 1. The predicted octanol–water partition coefficient (Wildman–Crippen LogP) is 3.50. The summed E-state index contributed by atoms with van der Waals surface area (Å²) in [6.07, 6.45) is 12.9. The molecule has 0 aromatic rings. The molecule has 124 valence electrons. The molecule has 0 amide bonds. The standard InChI is InChI=1S/C18H35NO2/c1-2-3-4-5-6-7-12-21-14-17(20)13-19-18(15-8-9-15)16-10-11-16/h15-20H,2-14H2,1H3. The van der Waals surface area contributed by atoms with Crippen LogP contribution < -0.4 is 5.32 Å². The summed E-state index contributed by atoms with van der Waals surface area (Å²) in [5.41, 5.74) is 0. The molecule has 0 bridgehead atoms. The number of hydrogen-bond acceptors (Lipinski definition) is 3. The van der Waals surface area contributed by atoms with Crippen LogP contribution in [0, 0.1) is 11.8 Å². The minimum absolute atomic E-state index is 0.343. The van der Waals surface area contributed by atoms with Gasteiger partial charge in [0.15, 0.2) is 0 Å². The number of unbranched alkanes of at least 4 members (excludes halogenated alkanes) is 5. The van der Waals surface area contributed by atoms with Crippen LogP contribution in [0.2, 0.25) is 0 Å². The SMILES string of the molecule is CCCCCCCCOCC(O)CNC(C1CC1)C1CC1. The van der Waals surface area contributed by atoms with E-state index in [-0.39, 0.29) is 6.10 Å². The summed E-state index contributed by atoms with van der Waals surface area (Å²) in [5, 5.41) is 13.6. The topological polar surface area (TPSA) is 41.5 Å². The van der Waals surface area contributed by atoms with E-state index in [9.17, 15) is 5.11 Å². The van der Waals surface area contributed by atoms with Gasteiger partial charge >= 0.3 is 0 Å². The summed E-state index contributed by atoms with van der Waals surface area (Å²) in [5.74, 6) is 1.79. The van der Waals surface area contributed by atoms with Crippen LogP contribution in [-0.2, 0) is 4.74 Å². The van der Waals surface area contributed by atoms with Crippen LogP contribution in [0.1, 0.15) is 71.1 Å². The van der Waals surface area contributed by atoms with Crippen LogP contribution in [0.25, 0.3) is 0 Å². The summed E-state index contributed by atoms with van der Waals surface area (Å²) in [7, 11) is 0. The maximum atomic E-state index is 9.99. The molecule has 0 aliphatic heterocycles. The van der Waals surface area contributed by atoms with Gasteiger partial charge in [-0.1, -0.05) is 39.0 Å². The van der Waals surface area contributed by atoms with E-state index in [0.29, 0.717) is 19.2 Å². The van der Waals surface area contributed by atoms with Gasteiger partial charge in [0.2, 0.25) is 0 Å². The summed E-state index contributed by atoms with van der Waals surface area (Å²) < 4.78 is 5.60. The largest absolute Gasteiger partial charge is 0.389 e. The van der Waals surface area contributed by atoms with Crippen molar-refractivity contribution in [3.05, 3.63) is 0 Å². The molecule has 0 saturated heterocycles. The van der Waals surface area contributed by atoms with E-state index in [1.165, 1.54) is 57.8 Å². The fourth-order valence-corrected chi connectivity index (χ4v) is 3.16. The molecule has 0 aromatic carbocycles. The van der Waals surface area contributed by atoms with Gasteiger partial charge in [-0.05, 0) is 43.9 Å². The first-order chi connectivity index (χ1) is 10.3. The van der Waals surface area contributed by atoms with Gasteiger partial charge in [0.25, 0.3) is 0 Å². The minimum Gasteiger partial charge on any atom is -0.389 e. The lowest BCUT2D eigenvalue weighted by Crippen LogP contribution is -2.40. The van der Waals surface area contributed by atoms with Gasteiger partial charge in [0, 0.05) is 19.2 Å². The summed E-state index contributed by atoms with van der Waals surface area (Å²) in [6.45, 7) is 4.24. The van der Waals surface area contributed by atoms with E-state index in [4.69, 9.17) is 4.74 Å². The first-order valence-corrected chi connectivity index (χ1v) is 9.30. The maximum Gasteiger partial charge on any atom is 0.0897 e. The van der Waals surface area contributed by atoms with Crippen LogP contribution in [-0.4, -0.2) is 37.0 Å². The molecule has 0 aromatic heterocycles. The lowest BCUT2D eigenvalue weighted by molar-refractivity contribution is 0.0333. The lowest BCUT2D eigenvalue weighted by Gasteiger charge is -2.20. The van der Waals surface area contributed by atoms with Crippen molar-refractivity contribution in [1.29, 1.82) is 0 Å². The Balaban J connectivity index is 1.39. The molecular formula is C18H35NO2. The highest BCUT2D eigenvalue weighted by molar-refractivity contribution is 4.96. The van der Waals surface area contributed by atoms with Crippen molar-refractivity contribution in [2.75, 3.05) is 19.8 Å². The van der Waals surface area contributed by atoms with E-state index >= 15 is 0 Å². The first kappa shape index (κ1) is 17.2. The van der Waals surface area contributed by atoms with Crippen molar-refractivity contribution < 1.29 is 9.84 Å². The fraction of sp³-hybridized carbons (Fsp3) is 1.00. The van der Waals surface area contributed by atoms with Crippen molar-refractivity contribution in [1.82, 2.24) is 5.32 Å². The van der Waals surface area contributed by atoms with Gasteiger partial charge < -0.3 is 15.2 Å². The second-order valence-corrected chi connectivity index (χ2v) is 7.11. The highest BCUT2D eigenvalue weighted by Gasteiger charge is 2.41. The zero-order valence-electron chi connectivity index (χ0n) is 13.9. The predicted molar refractivity (Wildman–Crippen MR) is 87.4 cm³/mol. The van der Waals surface area contributed by atoms with Crippen molar-refractivity contribution >= 4 is 0 Å². The molecule has 0 spiro atoms. The lowest BCUT2D eigenvalue weighted by atomic mass is 10.1. The molecular weight excluding hydrogens is 262 g/mol. The first-order valence-electron chi connectivity index (χ1n) is 9.30. The Hall–Kier alpha value is -0.120. The number of hydrogen-bond donors (Lipinski definition) is 2. The van der Waals surface area contributed by atoms with Gasteiger partial charge in [-0.2, -0.15) is 0 Å². The Labute approximate surface area is 130 Å². The van der Waals surface area contributed by atoms with Gasteiger partial charge in [-0.25, -0.2) is 0 Å². The zero-order valence-corrected chi connectivity index (χ0v) is 13.9. The van der Waals surface area contributed by atoms with Crippen LogP contribution in [0.5, 0.6) is 0 Å². The fourth-order valence-electron chi connectivity index (χ4n) is 3.16. The van der Waals surface area contributed by atoms with Crippen LogP contribution in [0.15, 0.2) is 0 Å². The molecule has 2 N–H and O–H groups in total. The summed E-state index contributed by atoms with van der Waals surface area (Å²) >= 11 is 0. The average Bonchev–Trinajstić information content (AvgIpc) is 3.35. The Morgan fingerprint density at radius 1 is 1.00 bits per heavy atom. The Morgan fingerprint density at radius 3 is 2.24 bits per heavy atom. The monoisotopic (exact) mass is 297 g/mol. The molecule has 1 unspecified atom stereocenters. The molecule has 0 heterocycles. The molecule has 3 heteroatoms. The van der Waals surface area contributed by atoms with Crippen molar-refractivity contribution in [2.24, 2.45) is 11.8 Å². The Kier molecular flexibility index (Phi) is 8.05. The quantitative estimate of drug-likeness (QED) is 0.482. The van der Waals surface area contributed by atoms with Gasteiger partial charge in [0.05, 0.1) is 12.7 Å². The van der Waals surface area contributed by atoms with E-state index in [1.54, 1.807) is 0 Å². The van der Waals surface area contributed by atoms with E-state index in [0.717, 1.165) is 24.9 Å². The Morgan fingerprint density at radius 2 is 1.62 bits per heavy atom. The van der Waals surface area contributed by atoms with E-state index in [1.807, 2.05) is 0 Å². The molecule has 2 fully saturated rings. The minimum atomic E-state index is -0.343. The number of aliphatic hydroxyl groups is 1. The molecule has 3 nitrogen and oxygen atoms in total. The molecule has 1 atom stereocenters. The van der Waals surface area contributed by atoms with E-state index < -0.39 is 0 Å².